The molecule has 0 aromatic carbocycles. The van der Waals surface area contributed by atoms with E-state index in [0.717, 1.165) is 26.1 Å². The van der Waals surface area contributed by atoms with E-state index in [9.17, 15) is 9.59 Å². The third-order valence-corrected chi connectivity index (χ3v) is 3.93. The number of amides is 2. The fourth-order valence-electron chi connectivity index (χ4n) is 2.91. The zero-order valence-electron chi connectivity index (χ0n) is 9.24. The molecule has 16 heavy (non-hydrogen) atoms. The van der Waals surface area contributed by atoms with E-state index in [4.69, 9.17) is 0 Å². The minimum Gasteiger partial charge on any atom is -0.351 e. The third-order valence-electron chi connectivity index (χ3n) is 3.93. The standard InChI is InChI=1S/C11H17N3O2/c15-9(6-14-3-1-2-10(14)16)13-11-7-4-12-5-8(7)11/h7-8,11-12H,1-6H2,(H,13,15). The molecule has 2 saturated heterocycles. The minimum atomic E-state index is 0.00894. The highest BCUT2D eigenvalue weighted by Gasteiger charge is 2.53. The van der Waals surface area contributed by atoms with Crippen molar-refractivity contribution in [2.75, 3.05) is 26.2 Å². The van der Waals surface area contributed by atoms with Gasteiger partial charge in [0.15, 0.2) is 0 Å². The number of hydrogen-bond donors (Lipinski definition) is 2. The van der Waals surface area contributed by atoms with Gasteiger partial charge in [0.05, 0.1) is 6.54 Å². The van der Waals surface area contributed by atoms with Gasteiger partial charge in [0.1, 0.15) is 0 Å². The highest BCUT2D eigenvalue weighted by Crippen LogP contribution is 2.41. The van der Waals surface area contributed by atoms with Crippen LogP contribution in [0.2, 0.25) is 0 Å². The Kier molecular flexibility index (Phi) is 2.35. The maximum Gasteiger partial charge on any atom is 0.239 e. The summed E-state index contributed by atoms with van der Waals surface area (Å²) < 4.78 is 0. The SMILES string of the molecule is O=C(CN1CCCC1=O)NC1C2CNCC21. The zero-order valence-corrected chi connectivity index (χ0v) is 9.24. The van der Waals surface area contributed by atoms with Gasteiger partial charge < -0.3 is 15.5 Å². The van der Waals surface area contributed by atoms with Crippen molar-refractivity contribution in [1.29, 1.82) is 0 Å². The highest BCUT2D eigenvalue weighted by atomic mass is 16.2. The Morgan fingerprint density at radius 3 is 2.81 bits per heavy atom. The molecule has 2 amide bonds. The number of nitrogens with one attached hydrogen (secondary N) is 2. The third kappa shape index (κ3) is 1.69. The average Bonchev–Trinajstić information content (AvgIpc) is 2.69. The first-order valence-electron chi connectivity index (χ1n) is 6.03. The van der Waals surface area contributed by atoms with Crippen molar-refractivity contribution in [1.82, 2.24) is 15.5 Å². The summed E-state index contributed by atoms with van der Waals surface area (Å²) in [6, 6.07) is 0.367. The van der Waals surface area contributed by atoms with Gasteiger partial charge in [-0.25, -0.2) is 0 Å². The molecule has 0 radical (unpaired) electrons. The molecule has 2 N–H and O–H groups in total. The number of piperidine rings is 1. The molecule has 3 aliphatic rings. The second kappa shape index (κ2) is 3.73. The molecule has 3 rings (SSSR count). The van der Waals surface area contributed by atoms with Crippen LogP contribution >= 0.6 is 0 Å². The molecule has 2 atom stereocenters. The lowest BCUT2D eigenvalue weighted by atomic mass is 10.4. The van der Waals surface area contributed by atoms with E-state index >= 15 is 0 Å². The van der Waals surface area contributed by atoms with Gasteiger partial charge >= 0.3 is 0 Å². The second-order valence-electron chi connectivity index (χ2n) is 5.00. The van der Waals surface area contributed by atoms with E-state index in [1.54, 1.807) is 4.90 Å². The number of carbonyl (C=O) groups excluding carboxylic acids is 2. The number of nitrogens with zero attached hydrogens (tertiary/aromatic N) is 1. The molecular formula is C11H17N3O2. The van der Waals surface area contributed by atoms with E-state index in [-0.39, 0.29) is 18.4 Å². The topological polar surface area (TPSA) is 61.4 Å². The van der Waals surface area contributed by atoms with Crippen LogP contribution in [-0.2, 0) is 9.59 Å². The Labute approximate surface area is 94.6 Å². The summed E-state index contributed by atoms with van der Waals surface area (Å²) in [5, 5.41) is 6.32. The number of carbonyl (C=O) groups is 2. The van der Waals surface area contributed by atoms with Crippen LogP contribution in [0.5, 0.6) is 0 Å². The van der Waals surface area contributed by atoms with Crippen LogP contribution in [0.1, 0.15) is 12.8 Å². The first kappa shape index (κ1) is 10.1. The lowest BCUT2D eigenvalue weighted by Crippen LogP contribution is -2.40. The summed E-state index contributed by atoms with van der Waals surface area (Å²) in [4.78, 5) is 24.7. The molecule has 2 unspecified atom stereocenters. The van der Waals surface area contributed by atoms with Crippen molar-refractivity contribution in [2.45, 2.75) is 18.9 Å². The second-order valence-corrected chi connectivity index (χ2v) is 5.00. The maximum atomic E-state index is 11.7. The quantitative estimate of drug-likeness (QED) is 0.641. The fourth-order valence-corrected chi connectivity index (χ4v) is 2.91. The summed E-state index contributed by atoms with van der Waals surface area (Å²) in [7, 11) is 0. The smallest absolute Gasteiger partial charge is 0.239 e. The fraction of sp³-hybridized carbons (Fsp3) is 0.818. The zero-order chi connectivity index (χ0) is 11.1. The van der Waals surface area contributed by atoms with Crippen LogP contribution in [0.25, 0.3) is 0 Å². The molecule has 88 valence electrons. The molecule has 5 heteroatoms. The van der Waals surface area contributed by atoms with Gasteiger partial charge in [0.2, 0.25) is 11.8 Å². The number of likely N-dealkylation sites (tertiary alicyclic amines) is 1. The number of rotatable bonds is 3. The molecular weight excluding hydrogens is 206 g/mol. The van der Waals surface area contributed by atoms with Crippen LogP contribution in [0.15, 0.2) is 0 Å². The molecule has 0 bridgehead atoms. The van der Waals surface area contributed by atoms with Crippen molar-refractivity contribution in [3.8, 4) is 0 Å². The Hall–Kier alpha value is -1.10. The molecule has 3 fully saturated rings. The molecule has 0 aromatic heterocycles. The number of hydrogen-bond acceptors (Lipinski definition) is 3. The van der Waals surface area contributed by atoms with E-state index < -0.39 is 0 Å². The molecule has 2 aliphatic heterocycles. The van der Waals surface area contributed by atoms with E-state index in [2.05, 4.69) is 10.6 Å². The Balaban J connectivity index is 1.46. The lowest BCUT2D eigenvalue weighted by Gasteiger charge is -2.15. The Morgan fingerprint density at radius 2 is 2.19 bits per heavy atom. The Morgan fingerprint density at radius 1 is 1.44 bits per heavy atom. The average molecular weight is 223 g/mol. The summed E-state index contributed by atoms with van der Waals surface area (Å²) in [6.45, 7) is 3.05. The van der Waals surface area contributed by atoms with Gasteiger partial charge in [-0.1, -0.05) is 0 Å². The lowest BCUT2D eigenvalue weighted by molar-refractivity contribution is -0.133. The molecule has 5 nitrogen and oxygen atoms in total. The van der Waals surface area contributed by atoms with E-state index in [1.165, 1.54) is 0 Å². The van der Waals surface area contributed by atoms with Gasteiger partial charge in [-0.2, -0.15) is 0 Å². The normalized spacial score (nSPS) is 36.4. The number of fused-ring (bicyclic) bond motifs is 1. The molecule has 0 spiro atoms. The molecule has 1 aliphatic carbocycles. The predicted octanol–water partition coefficient (Wildman–Crippen LogP) is -1.06. The van der Waals surface area contributed by atoms with Gasteiger partial charge in [-0.3, -0.25) is 9.59 Å². The highest BCUT2D eigenvalue weighted by molar-refractivity contribution is 5.86. The van der Waals surface area contributed by atoms with Crippen molar-refractivity contribution in [3.63, 3.8) is 0 Å². The van der Waals surface area contributed by atoms with E-state index in [0.29, 0.717) is 24.3 Å². The van der Waals surface area contributed by atoms with Crippen molar-refractivity contribution in [3.05, 3.63) is 0 Å². The van der Waals surface area contributed by atoms with Gasteiger partial charge in [0.25, 0.3) is 0 Å². The first-order valence-corrected chi connectivity index (χ1v) is 6.03. The molecule has 0 aromatic rings. The summed E-state index contributed by atoms with van der Waals surface area (Å²) in [6.07, 6.45) is 1.50. The summed E-state index contributed by atoms with van der Waals surface area (Å²) in [5.74, 6) is 1.40. The van der Waals surface area contributed by atoms with E-state index in [1.807, 2.05) is 0 Å². The van der Waals surface area contributed by atoms with Gasteiger partial charge in [-0.15, -0.1) is 0 Å². The van der Waals surface area contributed by atoms with Crippen LogP contribution in [0.3, 0.4) is 0 Å². The maximum absolute atomic E-state index is 11.7. The van der Waals surface area contributed by atoms with Crippen LogP contribution < -0.4 is 10.6 Å². The Bertz CT molecular complexity index is 321. The van der Waals surface area contributed by atoms with Gasteiger partial charge in [-0.05, 0) is 18.3 Å². The van der Waals surface area contributed by atoms with Crippen LogP contribution in [-0.4, -0.2) is 48.9 Å². The van der Waals surface area contributed by atoms with Crippen molar-refractivity contribution in [2.24, 2.45) is 11.8 Å². The monoisotopic (exact) mass is 223 g/mol. The predicted molar refractivity (Wildman–Crippen MR) is 57.6 cm³/mol. The summed E-state index contributed by atoms with van der Waals surface area (Å²) in [5.41, 5.74) is 0. The van der Waals surface area contributed by atoms with Crippen LogP contribution in [0, 0.1) is 11.8 Å². The van der Waals surface area contributed by atoms with Crippen molar-refractivity contribution < 1.29 is 9.59 Å². The summed E-state index contributed by atoms with van der Waals surface area (Å²) >= 11 is 0. The minimum absolute atomic E-state index is 0.00894. The van der Waals surface area contributed by atoms with Crippen molar-refractivity contribution >= 4 is 11.8 Å². The molecule has 2 heterocycles. The van der Waals surface area contributed by atoms with Crippen LogP contribution in [0.4, 0.5) is 0 Å². The largest absolute Gasteiger partial charge is 0.351 e. The van der Waals surface area contributed by atoms with Gasteiger partial charge in [0, 0.05) is 32.1 Å². The first-order chi connectivity index (χ1) is 7.75. The molecule has 1 saturated carbocycles.